The quantitative estimate of drug-likeness (QED) is 0.406. The number of nitrogens with zero attached hydrogens (tertiary/aromatic N) is 2. The fourth-order valence-electron chi connectivity index (χ4n) is 4.34. The van der Waals surface area contributed by atoms with Crippen LogP contribution in [0.25, 0.3) is 0 Å². The highest BCUT2D eigenvalue weighted by Crippen LogP contribution is 2.43. The Kier molecular flexibility index (Phi) is 5.52. The first-order valence-electron chi connectivity index (χ1n) is 10.6. The van der Waals surface area contributed by atoms with Crippen LogP contribution in [0.4, 0.5) is 5.69 Å². The second-order valence-electron chi connectivity index (χ2n) is 7.92. The zero-order valence-corrected chi connectivity index (χ0v) is 18.4. The zero-order valence-electron chi connectivity index (χ0n) is 17.6. The lowest BCUT2D eigenvalue weighted by Crippen LogP contribution is -2.48. The Bertz CT molecular complexity index is 1290. The van der Waals surface area contributed by atoms with Gasteiger partial charge in [0.1, 0.15) is 6.17 Å². The minimum atomic E-state index is -3.81. The van der Waals surface area contributed by atoms with Crippen LogP contribution in [0.5, 0.6) is 0 Å². The highest BCUT2D eigenvalue weighted by atomic mass is 32.2. The second-order valence-corrected chi connectivity index (χ2v) is 9.73. The summed E-state index contributed by atoms with van der Waals surface area (Å²) >= 11 is 0. The average Bonchev–Trinajstić information content (AvgIpc) is 2.85. The Morgan fingerprint density at radius 1 is 0.688 bits per heavy atom. The number of para-hydroxylation sites is 1. The third kappa shape index (κ3) is 3.81. The van der Waals surface area contributed by atoms with Gasteiger partial charge in [-0.25, -0.2) is 12.7 Å². The number of sulfonamides is 1. The molecule has 0 fully saturated rings. The molecule has 1 aliphatic heterocycles. The van der Waals surface area contributed by atoms with Gasteiger partial charge in [0.15, 0.2) is 0 Å². The molecule has 1 heterocycles. The van der Waals surface area contributed by atoms with Gasteiger partial charge in [0, 0.05) is 13.1 Å². The van der Waals surface area contributed by atoms with E-state index in [9.17, 15) is 8.42 Å². The third-order valence-corrected chi connectivity index (χ3v) is 7.58. The van der Waals surface area contributed by atoms with E-state index >= 15 is 0 Å². The van der Waals surface area contributed by atoms with Gasteiger partial charge in [-0.1, -0.05) is 97.1 Å². The maximum absolute atomic E-state index is 14.0. The molecular weight excluding hydrogens is 416 g/mol. The van der Waals surface area contributed by atoms with E-state index in [1.165, 1.54) is 0 Å². The molecule has 0 unspecified atom stereocenters. The molecule has 0 amide bonds. The molecule has 5 rings (SSSR count). The predicted octanol–water partition coefficient (Wildman–Crippen LogP) is 5.60. The van der Waals surface area contributed by atoms with Gasteiger partial charge in [-0.15, -0.1) is 0 Å². The Morgan fingerprint density at radius 2 is 1.25 bits per heavy atom. The predicted molar refractivity (Wildman–Crippen MR) is 127 cm³/mol. The van der Waals surface area contributed by atoms with E-state index in [-0.39, 0.29) is 4.90 Å². The summed E-state index contributed by atoms with van der Waals surface area (Å²) in [6.07, 6.45) is -0.462. The van der Waals surface area contributed by atoms with Crippen molar-refractivity contribution in [1.82, 2.24) is 4.90 Å². The summed E-state index contributed by atoms with van der Waals surface area (Å²) in [7, 11) is -3.81. The molecule has 0 aromatic heterocycles. The molecule has 1 aliphatic rings. The van der Waals surface area contributed by atoms with Gasteiger partial charge in [-0.05, 0) is 34.9 Å². The first-order chi connectivity index (χ1) is 15.6. The first-order valence-corrected chi connectivity index (χ1v) is 12.1. The molecule has 0 saturated carbocycles. The molecular formula is C27H24N2O2S. The van der Waals surface area contributed by atoms with Gasteiger partial charge < -0.3 is 0 Å². The van der Waals surface area contributed by atoms with E-state index in [0.29, 0.717) is 13.1 Å². The molecule has 0 saturated heterocycles. The van der Waals surface area contributed by atoms with Crippen LogP contribution in [0.3, 0.4) is 0 Å². The average molecular weight is 441 g/mol. The van der Waals surface area contributed by atoms with Crippen LogP contribution in [-0.2, 0) is 23.1 Å². The van der Waals surface area contributed by atoms with Crippen molar-refractivity contribution >= 4 is 15.7 Å². The van der Waals surface area contributed by atoms with E-state index in [1.807, 2.05) is 78.9 Å². The van der Waals surface area contributed by atoms with E-state index in [1.54, 1.807) is 28.6 Å². The summed E-state index contributed by atoms with van der Waals surface area (Å²) < 4.78 is 29.7. The molecule has 4 nitrogen and oxygen atoms in total. The van der Waals surface area contributed by atoms with Gasteiger partial charge in [0.2, 0.25) is 0 Å². The molecule has 160 valence electrons. The van der Waals surface area contributed by atoms with Crippen LogP contribution in [0.1, 0.15) is 22.9 Å². The van der Waals surface area contributed by atoms with Crippen molar-refractivity contribution in [2.75, 3.05) is 4.31 Å². The van der Waals surface area contributed by atoms with Crippen molar-refractivity contribution in [3.63, 3.8) is 0 Å². The number of benzene rings is 4. The van der Waals surface area contributed by atoms with Gasteiger partial charge >= 0.3 is 0 Å². The standard InChI is InChI=1S/C27H24N2O2S/c30-32(31,25-17-8-3-9-18-25)29-26-19-11-10-16-24(26)21-28(20-22-12-4-1-5-13-22)27(29)23-14-6-2-7-15-23/h1-19,27H,20-21H2/t27-/m0/s1. The van der Waals surface area contributed by atoms with E-state index in [4.69, 9.17) is 0 Å². The Labute approximate surface area is 189 Å². The van der Waals surface area contributed by atoms with E-state index in [0.717, 1.165) is 22.4 Å². The van der Waals surface area contributed by atoms with Gasteiger partial charge in [-0.3, -0.25) is 4.90 Å². The molecule has 32 heavy (non-hydrogen) atoms. The van der Waals surface area contributed by atoms with Crippen LogP contribution < -0.4 is 4.31 Å². The molecule has 0 aliphatic carbocycles. The monoisotopic (exact) mass is 440 g/mol. The lowest BCUT2D eigenvalue weighted by Gasteiger charge is -2.45. The van der Waals surface area contributed by atoms with Crippen LogP contribution in [0.2, 0.25) is 0 Å². The van der Waals surface area contributed by atoms with Gasteiger partial charge in [-0.2, -0.15) is 0 Å². The summed E-state index contributed by atoms with van der Waals surface area (Å²) in [4.78, 5) is 2.52. The maximum Gasteiger partial charge on any atom is 0.265 e. The summed E-state index contributed by atoms with van der Waals surface area (Å²) in [5.41, 5.74) is 3.81. The highest BCUT2D eigenvalue weighted by Gasteiger charge is 2.40. The molecule has 4 aromatic rings. The molecule has 0 N–H and O–H groups in total. The second kappa shape index (κ2) is 8.61. The van der Waals surface area contributed by atoms with Crippen LogP contribution in [0, 0.1) is 0 Å². The summed E-state index contributed by atoms with van der Waals surface area (Å²) in [5, 5.41) is 0. The molecule has 1 atom stereocenters. The fourth-order valence-corrected chi connectivity index (χ4v) is 6.03. The van der Waals surface area contributed by atoms with Gasteiger partial charge in [0.05, 0.1) is 10.6 Å². The molecule has 5 heteroatoms. The number of hydrogen-bond acceptors (Lipinski definition) is 3. The maximum atomic E-state index is 14.0. The summed E-state index contributed by atoms with van der Waals surface area (Å²) in [5.74, 6) is 0. The zero-order chi connectivity index (χ0) is 22.0. The minimum absolute atomic E-state index is 0.289. The molecule has 0 bridgehead atoms. The van der Waals surface area contributed by atoms with Crippen molar-refractivity contribution in [2.24, 2.45) is 0 Å². The minimum Gasteiger partial charge on any atom is -0.270 e. The van der Waals surface area contributed by atoms with Crippen LogP contribution >= 0.6 is 0 Å². The van der Waals surface area contributed by atoms with Crippen molar-refractivity contribution < 1.29 is 8.42 Å². The Hall–Kier alpha value is -3.41. The largest absolute Gasteiger partial charge is 0.270 e. The molecule has 4 aromatic carbocycles. The van der Waals surface area contributed by atoms with Crippen molar-refractivity contribution in [3.05, 3.63) is 132 Å². The number of anilines is 1. The van der Waals surface area contributed by atoms with E-state index in [2.05, 4.69) is 17.0 Å². The number of hydrogen-bond donors (Lipinski definition) is 0. The highest BCUT2D eigenvalue weighted by molar-refractivity contribution is 7.92. The third-order valence-electron chi connectivity index (χ3n) is 5.80. The SMILES string of the molecule is O=S(=O)(c1ccccc1)N1c2ccccc2CN(Cc2ccccc2)[C@@H]1c1ccccc1. The topological polar surface area (TPSA) is 40.6 Å². The molecule has 0 radical (unpaired) electrons. The lowest BCUT2D eigenvalue weighted by atomic mass is 10.0. The van der Waals surface area contributed by atoms with Crippen LogP contribution in [-0.4, -0.2) is 13.3 Å². The van der Waals surface area contributed by atoms with Crippen molar-refractivity contribution in [1.29, 1.82) is 0 Å². The summed E-state index contributed by atoms with van der Waals surface area (Å²) in [6.45, 7) is 1.29. The van der Waals surface area contributed by atoms with Crippen LogP contribution in [0.15, 0.2) is 120 Å². The molecule has 0 spiro atoms. The Balaban J connectivity index is 1.70. The normalized spacial score (nSPS) is 16.5. The van der Waals surface area contributed by atoms with Crippen molar-refractivity contribution in [3.8, 4) is 0 Å². The number of fused-ring (bicyclic) bond motifs is 1. The fraction of sp³-hybridized carbons (Fsp3) is 0.111. The van der Waals surface area contributed by atoms with Crippen molar-refractivity contribution in [2.45, 2.75) is 24.2 Å². The number of rotatable bonds is 5. The summed E-state index contributed by atoms with van der Waals surface area (Å²) in [6, 6.07) is 36.6. The van der Waals surface area contributed by atoms with E-state index < -0.39 is 16.2 Å². The smallest absolute Gasteiger partial charge is 0.265 e. The first kappa shape index (κ1) is 20.5. The van der Waals surface area contributed by atoms with Gasteiger partial charge in [0.25, 0.3) is 10.0 Å². The Morgan fingerprint density at radius 3 is 1.94 bits per heavy atom. The lowest BCUT2D eigenvalue weighted by molar-refractivity contribution is 0.175.